The number of anilines is 1. The lowest BCUT2D eigenvalue weighted by Gasteiger charge is -2.26. The van der Waals surface area contributed by atoms with Gasteiger partial charge in [0.15, 0.2) is 5.13 Å². The molecule has 1 aliphatic rings. The van der Waals surface area contributed by atoms with Crippen molar-refractivity contribution in [2.24, 2.45) is 11.7 Å². The number of hydrogen-bond acceptors (Lipinski definition) is 5. The first-order valence-electron chi connectivity index (χ1n) is 8.38. The first-order valence-corrected chi connectivity index (χ1v) is 9.19. The van der Waals surface area contributed by atoms with Gasteiger partial charge in [-0.05, 0) is 43.4 Å². The molecule has 134 valence electrons. The number of carbonyl (C=O) groups excluding carboxylic acids is 1. The molecule has 2 heterocycles. The van der Waals surface area contributed by atoms with Crippen molar-refractivity contribution in [3.8, 4) is 0 Å². The first-order chi connectivity index (χ1) is 12.0. The minimum Gasteiger partial charge on any atom is -0.381 e. The van der Waals surface area contributed by atoms with E-state index < -0.39 is 6.04 Å². The molecule has 25 heavy (non-hydrogen) atoms. The summed E-state index contributed by atoms with van der Waals surface area (Å²) in [6.45, 7) is 3.22. The molecule has 1 aliphatic heterocycles. The van der Waals surface area contributed by atoms with Crippen molar-refractivity contribution in [1.29, 1.82) is 0 Å². The Labute approximate surface area is 150 Å². The van der Waals surface area contributed by atoms with Crippen LogP contribution in [0.2, 0.25) is 0 Å². The van der Waals surface area contributed by atoms with Gasteiger partial charge in [0.25, 0.3) is 0 Å². The average Bonchev–Trinajstić information content (AvgIpc) is 2.96. The Kier molecular flexibility index (Phi) is 5.78. The second-order valence-corrected chi connectivity index (χ2v) is 7.38. The van der Waals surface area contributed by atoms with Crippen molar-refractivity contribution >= 4 is 22.4 Å². The molecule has 0 aliphatic carbocycles. The highest BCUT2D eigenvalue weighted by molar-refractivity contribution is 7.15. The quantitative estimate of drug-likeness (QED) is 0.856. The summed E-state index contributed by atoms with van der Waals surface area (Å²) in [5, 5.41) is 3.40. The minimum absolute atomic E-state index is 0.147. The van der Waals surface area contributed by atoms with E-state index in [1.54, 1.807) is 12.1 Å². The number of nitrogens with two attached hydrogens (primary N) is 1. The highest BCUT2D eigenvalue weighted by Gasteiger charge is 2.27. The molecule has 0 radical (unpaired) electrons. The number of nitrogens with zero attached hydrogens (tertiary/aromatic N) is 1. The second kappa shape index (κ2) is 8.03. The van der Waals surface area contributed by atoms with Gasteiger partial charge in [0.1, 0.15) is 5.82 Å². The van der Waals surface area contributed by atoms with E-state index in [1.807, 2.05) is 6.92 Å². The Balaban J connectivity index is 1.63. The van der Waals surface area contributed by atoms with E-state index in [-0.39, 0.29) is 17.6 Å². The van der Waals surface area contributed by atoms with Crippen LogP contribution in [0.1, 0.15) is 29.0 Å². The number of halogens is 1. The standard InChI is InChI=1S/C18H22FN3O2S/c1-11-15(10-12-2-4-14(19)5-3-12)25-18(21-11)22-17(23)16(20)13-6-8-24-9-7-13/h2-5,13,16H,6-10,20H2,1H3,(H,21,22,23). The van der Waals surface area contributed by atoms with E-state index in [0.29, 0.717) is 24.8 Å². The monoisotopic (exact) mass is 363 g/mol. The molecule has 0 bridgehead atoms. The van der Waals surface area contributed by atoms with Crippen LogP contribution in [0.15, 0.2) is 24.3 Å². The maximum absolute atomic E-state index is 13.0. The van der Waals surface area contributed by atoms with Crippen molar-refractivity contribution in [2.45, 2.75) is 32.2 Å². The summed E-state index contributed by atoms with van der Waals surface area (Å²) in [5.74, 6) is -0.303. The van der Waals surface area contributed by atoms with Gasteiger partial charge in [-0.2, -0.15) is 0 Å². The van der Waals surface area contributed by atoms with Gasteiger partial charge in [-0.25, -0.2) is 9.37 Å². The lowest BCUT2D eigenvalue weighted by Crippen LogP contribution is -2.43. The maximum Gasteiger partial charge on any atom is 0.243 e. The minimum atomic E-state index is -0.548. The van der Waals surface area contributed by atoms with Crippen LogP contribution in [0.5, 0.6) is 0 Å². The van der Waals surface area contributed by atoms with Gasteiger partial charge in [-0.15, -0.1) is 11.3 Å². The third-order valence-electron chi connectivity index (χ3n) is 4.48. The molecule has 3 N–H and O–H groups in total. The van der Waals surface area contributed by atoms with Crippen LogP contribution in [-0.4, -0.2) is 30.1 Å². The Bertz CT molecular complexity index is 726. The van der Waals surface area contributed by atoms with Crippen LogP contribution in [-0.2, 0) is 16.0 Å². The average molecular weight is 363 g/mol. The molecule has 0 saturated carbocycles. The van der Waals surface area contributed by atoms with Gasteiger partial charge in [-0.1, -0.05) is 12.1 Å². The van der Waals surface area contributed by atoms with Crippen LogP contribution in [0.25, 0.3) is 0 Å². The Morgan fingerprint density at radius 2 is 2.08 bits per heavy atom. The molecule has 1 atom stereocenters. The zero-order chi connectivity index (χ0) is 17.8. The van der Waals surface area contributed by atoms with Crippen molar-refractivity contribution in [2.75, 3.05) is 18.5 Å². The first kappa shape index (κ1) is 18.0. The van der Waals surface area contributed by atoms with E-state index in [4.69, 9.17) is 10.5 Å². The van der Waals surface area contributed by atoms with Gasteiger partial charge in [0.05, 0.1) is 11.7 Å². The summed E-state index contributed by atoms with van der Waals surface area (Å²) in [6.07, 6.45) is 2.27. The molecule has 5 nitrogen and oxygen atoms in total. The normalized spacial score (nSPS) is 16.6. The molecule has 1 amide bonds. The number of hydrogen-bond donors (Lipinski definition) is 2. The molecule has 1 aromatic carbocycles. The van der Waals surface area contributed by atoms with E-state index in [1.165, 1.54) is 23.5 Å². The van der Waals surface area contributed by atoms with Crippen LogP contribution in [0.3, 0.4) is 0 Å². The number of aryl methyl sites for hydroxylation is 1. The van der Waals surface area contributed by atoms with E-state index >= 15 is 0 Å². The highest BCUT2D eigenvalue weighted by Crippen LogP contribution is 2.26. The number of ether oxygens (including phenoxy) is 1. The number of thiazole rings is 1. The molecule has 2 aromatic rings. The van der Waals surface area contributed by atoms with E-state index in [9.17, 15) is 9.18 Å². The third kappa shape index (κ3) is 4.62. The molecular formula is C18H22FN3O2S. The van der Waals surface area contributed by atoms with Gasteiger partial charge >= 0.3 is 0 Å². The summed E-state index contributed by atoms with van der Waals surface area (Å²) in [4.78, 5) is 17.8. The molecule has 1 aromatic heterocycles. The number of rotatable bonds is 5. The van der Waals surface area contributed by atoms with Crippen LogP contribution >= 0.6 is 11.3 Å². The molecule has 7 heteroatoms. The van der Waals surface area contributed by atoms with Crippen molar-refractivity contribution in [3.05, 3.63) is 46.2 Å². The number of benzene rings is 1. The number of amides is 1. The van der Waals surface area contributed by atoms with Crippen molar-refractivity contribution in [3.63, 3.8) is 0 Å². The number of carbonyl (C=O) groups is 1. The molecule has 1 unspecified atom stereocenters. The SMILES string of the molecule is Cc1nc(NC(=O)C(N)C2CCOCC2)sc1Cc1ccc(F)cc1. The molecule has 0 spiro atoms. The largest absolute Gasteiger partial charge is 0.381 e. The van der Waals surface area contributed by atoms with Gasteiger partial charge in [0, 0.05) is 24.5 Å². The molecule has 1 fully saturated rings. The van der Waals surface area contributed by atoms with Gasteiger partial charge in [0.2, 0.25) is 5.91 Å². The Morgan fingerprint density at radius 3 is 2.76 bits per heavy atom. The molecular weight excluding hydrogens is 341 g/mol. The van der Waals surface area contributed by atoms with Gasteiger partial charge in [-0.3, -0.25) is 4.79 Å². The molecule has 3 rings (SSSR count). The topological polar surface area (TPSA) is 77.2 Å². The lowest BCUT2D eigenvalue weighted by molar-refractivity contribution is -0.119. The fraction of sp³-hybridized carbons (Fsp3) is 0.444. The zero-order valence-electron chi connectivity index (χ0n) is 14.1. The maximum atomic E-state index is 13.0. The summed E-state index contributed by atoms with van der Waals surface area (Å²) in [6, 6.07) is 5.86. The Morgan fingerprint density at radius 1 is 1.40 bits per heavy atom. The van der Waals surface area contributed by atoms with Crippen LogP contribution in [0, 0.1) is 18.7 Å². The van der Waals surface area contributed by atoms with Crippen LogP contribution < -0.4 is 11.1 Å². The predicted octanol–water partition coefficient (Wildman–Crippen LogP) is 2.87. The smallest absolute Gasteiger partial charge is 0.243 e. The van der Waals surface area contributed by atoms with Gasteiger partial charge < -0.3 is 15.8 Å². The lowest BCUT2D eigenvalue weighted by atomic mass is 9.92. The third-order valence-corrected chi connectivity index (χ3v) is 5.55. The van der Waals surface area contributed by atoms with Crippen LogP contribution in [0.4, 0.5) is 9.52 Å². The number of aromatic nitrogens is 1. The predicted molar refractivity (Wildman–Crippen MR) is 96.2 cm³/mol. The number of nitrogens with one attached hydrogen (secondary N) is 1. The van der Waals surface area contributed by atoms with E-state index in [0.717, 1.165) is 29.0 Å². The summed E-state index contributed by atoms with van der Waals surface area (Å²) < 4.78 is 18.3. The van der Waals surface area contributed by atoms with Crippen molar-refractivity contribution in [1.82, 2.24) is 4.98 Å². The summed E-state index contributed by atoms with van der Waals surface area (Å²) >= 11 is 1.43. The summed E-state index contributed by atoms with van der Waals surface area (Å²) in [7, 11) is 0. The zero-order valence-corrected chi connectivity index (χ0v) is 14.9. The second-order valence-electron chi connectivity index (χ2n) is 6.30. The van der Waals surface area contributed by atoms with Crippen molar-refractivity contribution < 1.29 is 13.9 Å². The fourth-order valence-electron chi connectivity index (χ4n) is 2.91. The van der Waals surface area contributed by atoms with E-state index in [2.05, 4.69) is 10.3 Å². The molecule has 1 saturated heterocycles. The highest BCUT2D eigenvalue weighted by atomic mass is 32.1. The fourth-order valence-corrected chi connectivity index (χ4v) is 3.91. The summed E-state index contributed by atoms with van der Waals surface area (Å²) in [5.41, 5.74) is 7.97. The Hall–Kier alpha value is -1.83.